The minimum atomic E-state index is -0.555. The molecule has 1 heterocycles. The number of carbonyl (C=O) groups excluding carboxylic acids is 2. The summed E-state index contributed by atoms with van der Waals surface area (Å²) in [5.74, 6) is -1.19. The van der Waals surface area contributed by atoms with Crippen molar-refractivity contribution in [3.8, 4) is 0 Å². The molecule has 0 saturated carbocycles. The molecular formula is C10H9N5O3. The molecule has 0 aliphatic heterocycles. The normalized spacial score (nSPS) is 10.0. The Balaban J connectivity index is 2.13. The molecule has 0 radical (unpaired) electrons. The summed E-state index contributed by atoms with van der Waals surface area (Å²) in [4.78, 5) is 22.5. The van der Waals surface area contributed by atoms with Gasteiger partial charge in [0.05, 0.1) is 0 Å². The van der Waals surface area contributed by atoms with E-state index in [-0.39, 0.29) is 11.5 Å². The van der Waals surface area contributed by atoms with Crippen molar-refractivity contribution in [1.82, 2.24) is 10.3 Å². The van der Waals surface area contributed by atoms with Crippen LogP contribution in [0.5, 0.6) is 0 Å². The second kappa shape index (κ2) is 4.53. The zero-order valence-electron chi connectivity index (χ0n) is 9.08. The van der Waals surface area contributed by atoms with Gasteiger partial charge >= 0.3 is 0 Å². The van der Waals surface area contributed by atoms with E-state index in [0.717, 1.165) is 0 Å². The minimum absolute atomic E-state index is 0.0961. The van der Waals surface area contributed by atoms with Crippen LogP contribution in [0.4, 0.5) is 11.5 Å². The Bertz CT molecular complexity index is 590. The summed E-state index contributed by atoms with van der Waals surface area (Å²) in [6.07, 6.45) is 0. The van der Waals surface area contributed by atoms with Gasteiger partial charge in [0.2, 0.25) is 17.4 Å². The van der Waals surface area contributed by atoms with Gasteiger partial charge in [0.25, 0.3) is 5.91 Å². The number of carbonyl (C=O) groups is 2. The predicted octanol–water partition coefficient (Wildman–Crippen LogP) is 0.00300. The van der Waals surface area contributed by atoms with E-state index in [1.165, 1.54) is 24.3 Å². The highest BCUT2D eigenvalue weighted by atomic mass is 16.6. The monoisotopic (exact) mass is 247 g/mol. The van der Waals surface area contributed by atoms with E-state index in [0.29, 0.717) is 11.3 Å². The number of nitrogens with zero attached hydrogens (tertiary/aromatic N) is 2. The molecule has 2 rings (SSSR count). The van der Waals surface area contributed by atoms with Crippen molar-refractivity contribution in [3.05, 3.63) is 35.5 Å². The number of rotatable bonds is 3. The van der Waals surface area contributed by atoms with Gasteiger partial charge in [-0.15, -0.1) is 0 Å². The van der Waals surface area contributed by atoms with E-state index in [4.69, 9.17) is 11.5 Å². The van der Waals surface area contributed by atoms with Crippen LogP contribution in [0.15, 0.2) is 28.9 Å². The van der Waals surface area contributed by atoms with Crippen LogP contribution in [-0.2, 0) is 0 Å². The third kappa shape index (κ3) is 2.26. The van der Waals surface area contributed by atoms with E-state index in [1.807, 2.05) is 0 Å². The first-order chi connectivity index (χ1) is 8.58. The molecule has 5 N–H and O–H groups in total. The molecule has 0 atom stereocenters. The third-order valence-corrected chi connectivity index (χ3v) is 2.16. The highest BCUT2D eigenvalue weighted by Gasteiger charge is 2.15. The minimum Gasteiger partial charge on any atom is -0.379 e. The number of benzene rings is 1. The van der Waals surface area contributed by atoms with Gasteiger partial charge in [-0.3, -0.25) is 9.59 Å². The van der Waals surface area contributed by atoms with Gasteiger partial charge in [0.1, 0.15) is 0 Å². The summed E-state index contributed by atoms with van der Waals surface area (Å²) in [6, 6.07) is 6.04. The topological polar surface area (TPSA) is 137 Å². The predicted molar refractivity (Wildman–Crippen MR) is 61.6 cm³/mol. The second-order valence-corrected chi connectivity index (χ2v) is 3.39. The molecule has 0 fully saturated rings. The molecule has 0 aliphatic carbocycles. The number of aromatic nitrogens is 2. The molecule has 8 nitrogen and oxygen atoms in total. The average Bonchev–Trinajstić information content (AvgIpc) is 2.76. The fourth-order valence-electron chi connectivity index (χ4n) is 1.26. The molecule has 1 aromatic carbocycles. The maximum Gasteiger partial charge on any atom is 0.281 e. The third-order valence-electron chi connectivity index (χ3n) is 2.16. The molecule has 92 valence electrons. The summed E-state index contributed by atoms with van der Waals surface area (Å²) in [5, 5.41) is 9.16. The van der Waals surface area contributed by atoms with Gasteiger partial charge in [-0.25, -0.2) is 4.63 Å². The first kappa shape index (κ1) is 11.6. The number of nitrogens with one attached hydrogen (secondary N) is 1. The van der Waals surface area contributed by atoms with Crippen molar-refractivity contribution >= 4 is 23.3 Å². The zero-order chi connectivity index (χ0) is 13.1. The summed E-state index contributed by atoms with van der Waals surface area (Å²) < 4.78 is 4.31. The van der Waals surface area contributed by atoms with Gasteiger partial charge in [-0.1, -0.05) is 0 Å². The maximum atomic E-state index is 11.7. The van der Waals surface area contributed by atoms with E-state index >= 15 is 0 Å². The molecule has 2 aromatic rings. The largest absolute Gasteiger partial charge is 0.379 e. The maximum absolute atomic E-state index is 11.7. The highest BCUT2D eigenvalue weighted by molar-refractivity contribution is 6.05. The zero-order valence-corrected chi connectivity index (χ0v) is 9.08. The van der Waals surface area contributed by atoms with E-state index in [1.54, 1.807) is 0 Å². The van der Waals surface area contributed by atoms with Crippen molar-refractivity contribution in [2.24, 2.45) is 5.73 Å². The summed E-state index contributed by atoms with van der Waals surface area (Å²) in [6.45, 7) is 0. The summed E-state index contributed by atoms with van der Waals surface area (Å²) in [7, 11) is 0. The van der Waals surface area contributed by atoms with Crippen molar-refractivity contribution in [1.29, 1.82) is 0 Å². The molecule has 0 unspecified atom stereocenters. The Hall–Kier alpha value is -2.90. The van der Waals surface area contributed by atoms with Crippen LogP contribution in [0.2, 0.25) is 0 Å². The van der Waals surface area contributed by atoms with Crippen molar-refractivity contribution in [3.63, 3.8) is 0 Å². The Kier molecular flexibility index (Phi) is 2.92. The number of nitrogen functional groups attached to an aromatic ring is 1. The number of nitrogens with two attached hydrogens (primary N) is 2. The fourth-order valence-corrected chi connectivity index (χ4v) is 1.26. The lowest BCUT2D eigenvalue weighted by molar-refractivity contribution is 0.0997. The van der Waals surface area contributed by atoms with Gasteiger partial charge in [-0.2, -0.15) is 0 Å². The number of hydrogen-bond donors (Lipinski definition) is 3. The van der Waals surface area contributed by atoms with Gasteiger partial charge in [0.15, 0.2) is 0 Å². The second-order valence-electron chi connectivity index (χ2n) is 3.39. The molecular weight excluding hydrogens is 238 g/mol. The number of primary amides is 1. The lowest BCUT2D eigenvalue weighted by Gasteiger charge is -2.03. The Morgan fingerprint density at radius 1 is 1.17 bits per heavy atom. The average molecular weight is 247 g/mol. The summed E-state index contributed by atoms with van der Waals surface area (Å²) in [5.41, 5.74) is 11.2. The Labute approximate surface area is 101 Å². The fraction of sp³-hybridized carbons (Fsp3) is 0. The molecule has 1 aromatic heterocycles. The van der Waals surface area contributed by atoms with Crippen LogP contribution in [-0.4, -0.2) is 22.1 Å². The first-order valence-corrected chi connectivity index (χ1v) is 4.87. The molecule has 0 saturated heterocycles. The molecule has 0 spiro atoms. The van der Waals surface area contributed by atoms with Gasteiger partial charge in [0, 0.05) is 11.3 Å². The van der Waals surface area contributed by atoms with Crippen LogP contribution in [0, 0.1) is 0 Å². The standard InChI is InChI=1S/C10H9N5O3/c11-8-7(14-18-15-8)10(17)13-6-3-1-5(2-4-6)9(12)16/h1-4H,(H2,11,15)(H2,12,16)(H,13,17). The lowest BCUT2D eigenvalue weighted by atomic mass is 10.2. The molecule has 0 aliphatic rings. The Morgan fingerprint density at radius 2 is 1.83 bits per heavy atom. The molecule has 2 amide bonds. The first-order valence-electron chi connectivity index (χ1n) is 4.87. The number of amides is 2. The van der Waals surface area contributed by atoms with Crippen molar-refractivity contribution in [2.45, 2.75) is 0 Å². The van der Waals surface area contributed by atoms with Crippen molar-refractivity contribution in [2.75, 3.05) is 11.1 Å². The van der Waals surface area contributed by atoms with Crippen LogP contribution >= 0.6 is 0 Å². The molecule has 0 bridgehead atoms. The van der Waals surface area contributed by atoms with Crippen molar-refractivity contribution < 1.29 is 14.2 Å². The summed E-state index contributed by atoms with van der Waals surface area (Å²) >= 11 is 0. The van der Waals surface area contributed by atoms with E-state index < -0.39 is 11.8 Å². The smallest absolute Gasteiger partial charge is 0.281 e. The highest BCUT2D eigenvalue weighted by Crippen LogP contribution is 2.12. The molecule has 8 heteroatoms. The van der Waals surface area contributed by atoms with E-state index in [9.17, 15) is 9.59 Å². The quantitative estimate of drug-likeness (QED) is 0.698. The van der Waals surface area contributed by atoms with Crippen LogP contribution in [0.3, 0.4) is 0 Å². The van der Waals surface area contributed by atoms with E-state index in [2.05, 4.69) is 20.3 Å². The SMILES string of the molecule is NC(=O)c1ccc(NC(=O)c2nonc2N)cc1. The molecule has 18 heavy (non-hydrogen) atoms. The van der Waals surface area contributed by atoms with Gasteiger partial charge in [-0.05, 0) is 34.6 Å². The lowest BCUT2D eigenvalue weighted by Crippen LogP contribution is -2.15. The number of hydrogen-bond acceptors (Lipinski definition) is 6. The van der Waals surface area contributed by atoms with Gasteiger partial charge < -0.3 is 16.8 Å². The Morgan fingerprint density at radius 3 is 2.33 bits per heavy atom. The van der Waals surface area contributed by atoms with Crippen LogP contribution in [0.25, 0.3) is 0 Å². The van der Waals surface area contributed by atoms with Crippen LogP contribution in [0.1, 0.15) is 20.8 Å². The van der Waals surface area contributed by atoms with Crippen LogP contribution < -0.4 is 16.8 Å². The number of anilines is 2.